The van der Waals surface area contributed by atoms with Crippen molar-refractivity contribution in [1.82, 2.24) is 19.7 Å². The molecule has 2 aromatic carbocycles. The van der Waals surface area contributed by atoms with E-state index in [1.54, 1.807) is 0 Å². The summed E-state index contributed by atoms with van der Waals surface area (Å²) in [6.07, 6.45) is 4.47. The molecule has 0 unspecified atom stereocenters. The molecule has 30 heavy (non-hydrogen) atoms. The molecule has 0 radical (unpaired) electrons. The summed E-state index contributed by atoms with van der Waals surface area (Å²) in [6, 6.07) is 22.2. The maximum Gasteiger partial charge on any atom is 0.227 e. The molecule has 5 nitrogen and oxygen atoms in total. The minimum atomic E-state index is 0.587. The summed E-state index contributed by atoms with van der Waals surface area (Å²) in [7, 11) is 0. The van der Waals surface area contributed by atoms with Gasteiger partial charge in [-0.15, -0.1) is 11.8 Å². The maximum absolute atomic E-state index is 4.97. The molecular formula is C24H23N5S. The Labute approximate surface area is 180 Å². The quantitative estimate of drug-likeness (QED) is 0.383. The van der Waals surface area contributed by atoms with Crippen LogP contribution in [-0.2, 0) is 0 Å². The van der Waals surface area contributed by atoms with Crippen molar-refractivity contribution in [2.45, 2.75) is 24.8 Å². The lowest BCUT2D eigenvalue weighted by molar-refractivity contribution is 0.812. The lowest BCUT2D eigenvalue weighted by Crippen LogP contribution is -2.00. The minimum Gasteiger partial charge on any atom is -0.324 e. The molecule has 2 aromatic heterocycles. The van der Waals surface area contributed by atoms with Gasteiger partial charge in [0.05, 0.1) is 22.6 Å². The van der Waals surface area contributed by atoms with E-state index in [9.17, 15) is 0 Å². The number of rotatable bonds is 7. The molecular weight excluding hydrogens is 390 g/mol. The van der Waals surface area contributed by atoms with Crippen LogP contribution in [0, 0.1) is 12.8 Å². The van der Waals surface area contributed by atoms with Gasteiger partial charge >= 0.3 is 0 Å². The lowest BCUT2D eigenvalue weighted by Gasteiger charge is -2.08. The normalized spacial score (nSPS) is 13.4. The van der Waals surface area contributed by atoms with E-state index < -0.39 is 0 Å². The average Bonchev–Trinajstić information content (AvgIpc) is 3.56. The Morgan fingerprint density at radius 1 is 1.00 bits per heavy atom. The van der Waals surface area contributed by atoms with E-state index >= 15 is 0 Å². The Morgan fingerprint density at radius 3 is 2.47 bits per heavy atom. The highest BCUT2D eigenvalue weighted by molar-refractivity contribution is 7.99. The van der Waals surface area contributed by atoms with Crippen LogP contribution in [0.25, 0.3) is 16.9 Å². The summed E-state index contributed by atoms with van der Waals surface area (Å²) >= 11 is 1.84. The monoisotopic (exact) mass is 413 g/mol. The minimum absolute atomic E-state index is 0.587. The van der Waals surface area contributed by atoms with E-state index in [0.717, 1.165) is 45.0 Å². The van der Waals surface area contributed by atoms with Crippen LogP contribution in [-0.4, -0.2) is 25.5 Å². The van der Waals surface area contributed by atoms with E-state index in [1.807, 2.05) is 77.2 Å². The largest absolute Gasteiger partial charge is 0.324 e. The number of hydrogen-bond acceptors (Lipinski definition) is 5. The Bertz CT molecular complexity index is 1140. The van der Waals surface area contributed by atoms with Crippen molar-refractivity contribution in [3.63, 3.8) is 0 Å². The fourth-order valence-corrected chi connectivity index (χ4v) is 4.65. The summed E-state index contributed by atoms with van der Waals surface area (Å²) < 4.78 is 2.02. The van der Waals surface area contributed by atoms with Gasteiger partial charge in [0.2, 0.25) is 5.95 Å². The van der Waals surface area contributed by atoms with Gasteiger partial charge in [-0.05, 0) is 56.0 Å². The number of anilines is 2. The van der Waals surface area contributed by atoms with E-state index in [2.05, 4.69) is 29.4 Å². The second-order valence-corrected chi connectivity index (χ2v) is 8.53. The second kappa shape index (κ2) is 8.32. The Hall–Kier alpha value is -3.12. The van der Waals surface area contributed by atoms with Crippen molar-refractivity contribution >= 4 is 23.4 Å². The molecule has 5 rings (SSSR count). The van der Waals surface area contributed by atoms with Gasteiger partial charge in [0, 0.05) is 17.6 Å². The molecule has 150 valence electrons. The standard InChI is InChI=1S/C24H23N5S/c1-17-22(21-14-15-25-24(27-21)26-19-8-4-2-5-9-19)23(30-16-18-12-13-18)28-29(17)20-10-6-3-7-11-20/h2-11,14-15,18H,12-13,16H2,1H3,(H,25,26,27). The first-order valence-electron chi connectivity index (χ1n) is 10.2. The molecule has 0 spiro atoms. The topological polar surface area (TPSA) is 55.6 Å². The van der Waals surface area contributed by atoms with Gasteiger partial charge in [0.1, 0.15) is 5.03 Å². The third-order valence-electron chi connectivity index (χ3n) is 5.18. The molecule has 4 aromatic rings. The number of nitrogens with zero attached hydrogens (tertiary/aromatic N) is 4. The van der Waals surface area contributed by atoms with Crippen molar-refractivity contribution < 1.29 is 0 Å². The van der Waals surface area contributed by atoms with Crippen molar-refractivity contribution in [2.24, 2.45) is 5.92 Å². The summed E-state index contributed by atoms with van der Waals surface area (Å²) in [5, 5.41) is 9.30. The number of thioether (sulfide) groups is 1. The maximum atomic E-state index is 4.97. The highest BCUT2D eigenvalue weighted by atomic mass is 32.2. The van der Waals surface area contributed by atoms with Gasteiger partial charge < -0.3 is 5.32 Å². The van der Waals surface area contributed by atoms with Gasteiger partial charge in [0.15, 0.2) is 0 Å². The summed E-state index contributed by atoms with van der Waals surface area (Å²) in [5.74, 6) is 2.52. The number of benzene rings is 2. The summed E-state index contributed by atoms with van der Waals surface area (Å²) in [4.78, 5) is 9.23. The molecule has 1 fully saturated rings. The summed E-state index contributed by atoms with van der Waals surface area (Å²) in [5.41, 5.74) is 5.09. The molecule has 1 aliphatic rings. The number of para-hydroxylation sites is 2. The molecule has 1 aliphatic carbocycles. The molecule has 0 amide bonds. The Morgan fingerprint density at radius 2 is 1.73 bits per heavy atom. The third kappa shape index (κ3) is 4.09. The fraction of sp³-hybridized carbons (Fsp3) is 0.208. The second-order valence-electron chi connectivity index (χ2n) is 7.52. The zero-order chi connectivity index (χ0) is 20.3. The van der Waals surface area contributed by atoms with Gasteiger partial charge in [-0.3, -0.25) is 0 Å². The fourth-order valence-electron chi connectivity index (χ4n) is 3.38. The SMILES string of the molecule is Cc1c(-c2ccnc(Nc3ccccc3)n2)c(SCC2CC2)nn1-c1ccccc1. The van der Waals surface area contributed by atoms with Gasteiger partial charge in [-0.25, -0.2) is 14.6 Å². The van der Waals surface area contributed by atoms with Gasteiger partial charge in [0.25, 0.3) is 0 Å². The molecule has 6 heteroatoms. The van der Waals surface area contributed by atoms with E-state index in [4.69, 9.17) is 10.1 Å². The first-order valence-corrected chi connectivity index (χ1v) is 11.2. The molecule has 0 saturated heterocycles. The zero-order valence-corrected chi connectivity index (χ0v) is 17.6. The van der Waals surface area contributed by atoms with Crippen molar-refractivity contribution in [3.05, 3.63) is 78.6 Å². The van der Waals surface area contributed by atoms with Crippen LogP contribution >= 0.6 is 11.8 Å². The molecule has 0 aliphatic heterocycles. The first kappa shape index (κ1) is 18.9. The molecule has 2 heterocycles. The van der Waals surface area contributed by atoms with Gasteiger partial charge in [-0.2, -0.15) is 5.10 Å². The zero-order valence-electron chi connectivity index (χ0n) is 16.8. The van der Waals surface area contributed by atoms with Crippen LogP contribution < -0.4 is 5.32 Å². The predicted octanol–water partition coefficient (Wildman–Crippen LogP) is 5.88. The summed E-state index contributed by atoms with van der Waals surface area (Å²) in [6.45, 7) is 2.11. The van der Waals surface area contributed by atoms with Crippen molar-refractivity contribution in [1.29, 1.82) is 0 Å². The Balaban J connectivity index is 1.53. The highest BCUT2D eigenvalue weighted by Gasteiger charge is 2.25. The van der Waals surface area contributed by atoms with Gasteiger partial charge in [-0.1, -0.05) is 36.4 Å². The molecule has 0 bridgehead atoms. The third-order valence-corrected chi connectivity index (χ3v) is 6.38. The molecule has 1 saturated carbocycles. The van der Waals surface area contributed by atoms with Crippen molar-refractivity contribution in [2.75, 3.05) is 11.1 Å². The first-order chi connectivity index (χ1) is 14.8. The van der Waals surface area contributed by atoms with Crippen LogP contribution in [0.2, 0.25) is 0 Å². The smallest absolute Gasteiger partial charge is 0.227 e. The van der Waals surface area contributed by atoms with Crippen LogP contribution in [0.15, 0.2) is 78.0 Å². The Kier molecular flexibility index (Phi) is 5.24. The van der Waals surface area contributed by atoms with E-state index in [1.165, 1.54) is 12.8 Å². The van der Waals surface area contributed by atoms with E-state index in [0.29, 0.717) is 5.95 Å². The van der Waals surface area contributed by atoms with Crippen molar-refractivity contribution in [3.8, 4) is 16.9 Å². The van der Waals surface area contributed by atoms with Crippen LogP contribution in [0.1, 0.15) is 18.5 Å². The van der Waals surface area contributed by atoms with Crippen LogP contribution in [0.4, 0.5) is 11.6 Å². The van der Waals surface area contributed by atoms with Crippen LogP contribution in [0.5, 0.6) is 0 Å². The highest BCUT2D eigenvalue weighted by Crippen LogP contribution is 2.39. The van der Waals surface area contributed by atoms with E-state index in [-0.39, 0.29) is 0 Å². The number of nitrogens with one attached hydrogen (secondary N) is 1. The number of hydrogen-bond donors (Lipinski definition) is 1. The average molecular weight is 414 g/mol. The number of aromatic nitrogens is 4. The lowest BCUT2D eigenvalue weighted by atomic mass is 10.2. The molecule has 1 N–H and O–H groups in total. The predicted molar refractivity (Wildman–Crippen MR) is 122 cm³/mol. The van der Waals surface area contributed by atoms with Crippen LogP contribution in [0.3, 0.4) is 0 Å². The molecule has 0 atom stereocenters.